The molecule has 3 N–H and O–H groups in total. The topological polar surface area (TPSA) is 117 Å². The van der Waals surface area contributed by atoms with E-state index in [0.29, 0.717) is 29.5 Å². The lowest BCUT2D eigenvalue weighted by molar-refractivity contribution is 0.0601. The molecule has 174 valence electrons. The molecule has 0 fully saturated rings. The molecule has 0 aromatic heterocycles. The summed E-state index contributed by atoms with van der Waals surface area (Å²) in [5, 5.41) is 0. The van der Waals surface area contributed by atoms with E-state index in [0.717, 1.165) is 12.8 Å². The van der Waals surface area contributed by atoms with Gasteiger partial charge in [-0.2, -0.15) is 0 Å². The Morgan fingerprint density at radius 1 is 0.970 bits per heavy atom. The molecule has 0 aliphatic carbocycles. The molecule has 0 bridgehead atoms. The molecule has 3 aromatic rings. The first-order chi connectivity index (χ1) is 15.8. The predicted molar refractivity (Wildman–Crippen MR) is 126 cm³/mol. The van der Waals surface area contributed by atoms with Crippen LogP contribution in [-0.4, -0.2) is 28.1 Å². The Kier molecular flexibility index (Phi) is 7.78. The number of unbranched alkanes of at least 4 members (excludes halogenated alkanes) is 1. The second-order valence-corrected chi connectivity index (χ2v) is 8.83. The maximum Gasteiger partial charge on any atom is 0.340 e. The molecule has 8 nitrogen and oxygen atoms in total. The van der Waals surface area contributed by atoms with Crippen molar-refractivity contribution in [3.8, 4) is 17.2 Å². The highest BCUT2D eigenvalue weighted by Crippen LogP contribution is 2.29. The standard InChI is InChI=1S/C24H26N2O6S/c1-3-4-14-31-18-8-11-21(12-9-18)33(28,29)26-23-13-10-20(16-22(23)24(27)30-2)32-19-7-5-6-17(25)15-19/h5-13,15-16,26H,3-4,14,25H2,1-2H3. The molecular weight excluding hydrogens is 444 g/mol. The largest absolute Gasteiger partial charge is 0.494 e. The summed E-state index contributed by atoms with van der Waals surface area (Å²) in [6.45, 7) is 2.62. The average molecular weight is 471 g/mol. The summed E-state index contributed by atoms with van der Waals surface area (Å²) in [5.41, 5.74) is 6.34. The first kappa shape index (κ1) is 23.9. The van der Waals surface area contributed by atoms with Gasteiger partial charge in [-0.05, 0) is 61.0 Å². The number of carbonyl (C=O) groups excluding carboxylic acids is 1. The highest BCUT2D eigenvalue weighted by molar-refractivity contribution is 7.92. The van der Waals surface area contributed by atoms with Gasteiger partial charge in [0, 0.05) is 11.8 Å². The number of nitrogen functional groups attached to an aromatic ring is 1. The lowest BCUT2D eigenvalue weighted by atomic mass is 10.1. The Hall–Kier alpha value is -3.72. The molecule has 3 rings (SSSR count). The number of carbonyl (C=O) groups is 1. The Morgan fingerprint density at radius 2 is 1.67 bits per heavy atom. The summed E-state index contributed by atoms with van der Waals surface area (Å²) in [6, 6.07) is 17.2. The summed E-state index contributed by atoms with van der Waals surface area (Å²) in [5.74, 6) is 0.656. The van der Waals surface area contributed by atoms with Crippen LogP contribution in [0, 0.1) is 0 Å². The van der Waals surface area contributed by atoms with E-state index >= 15 is 0 Å². The highest BCUT2D eigenvalue weighted by atomic mass is 32.2. The Balaban J connectivity index is 1.83. The number of sulfonamides is 1. The van der Waals surface area contributed by atoms with Crippen molar-refractivity contribution in [3.63, 3.8) is 0 Å². The monoisotopic (exact) mass is 470 g/mol. The molecule has 0 unspecified atom stereocenters. The highest BCUT2D eigenvalue weighted by Gasteiger charge is 2.20. The fraction of sp³-hybridized carbons (Fsp3) is 0.208. The van der Waals surface area contributed by atoms with Gasteiger partial charge in [0.05, 0.1) is 29.9 Å². The zero-order valence-electron chi connectivity index (χ0n) is 18.4. The number of esters is 1. The average Bonchev–Trinajstić information content (AvgIpc) is 2.80. The summed E-state index contributed by atoms with van der Waals surface area (Å²) in [4.78, 5) is 12.4. The van der Waals surface area contributed by atoms with Crippen molar-refractivity contribution in [1.82, 2.24) is 0 Å². The van der Waals surface area contributed by atoms with Crippen LogP contribution in [-0.2, 0) is 14.8 Å². The summed E-state index contributed by atoms with van der Waals surface area (Å²) < 4.78 is 44.4. The maximum atomic E-state index is 12.9. The molecule has 3 aromatic carbocycles. The number of rotatable bonds is 10. The van der Waals surface area contributed by atoms with Gasteiger partial charge in [0.15, 0.2) is 0 Å². The summed E-state index contributed by atoms with van der Waals surface area (Å²) >= 11 is 0. The lowest BCUT2D eigenvalue weighted by Crippen LogP contribution is -2.16. The van der Waals surface area contributed by atoms with Crippen LogP contribution in [0.15, 0.2) is 71.6 Å². The summed E-state index contributed by atoms with van der Waals surface area (Å²) in [6.07, 6.45) is 1.91. The van der Waals surface area contributed by atoms with E-state index in [-0.39, 0.29) is 16.1 Å². The number of anilines is 2. The minimum Gasteiger partial charge on any atom is -0.494 e. The minimum absolute atomic E-state index is 0.00185. The smallest absolute Gasteiger partial charge is 0.340 e. The number of nitrogens with two attached hydrogens (primary N) is 1. The maximum absolute atomic E-state index is 12.9. The number of methoxy groups -OCH3 is 1. The second kappa shape index (κ2) is 10.7. The van der Waals surface area contributed by atoms with Gasteiger partial charge in [-0.15, -0.1) is 0 Å². The Bertz CT molecular complexity index is 1210. The normalized spacial score (nSPS) is 11.0. The number of nitrogens with one attached hydrogen (secondary N) is 1. The predicted octanol–water partition coefficient (Wildman–Crippen LogP) is 4.83. The minimum atomic E-state index is -3.97. The molecule has 0 atom stereocenters. The van der Waals surface area contributed by atoms with Gasteiger partial charge >= 0.3 is 5.97 Å². The third-order valence-corrected chi connectivity index (χ3v) is 6.02. The van der Waals surface area contributed by atoms with Crippen LogP contribution in [0.2, 0.25) is 0 Å². The zero-order valence-corrected chi connectivity index (χ0v) is 19.2. The molecule has 0 spiro atoms. The zero-order chi connectivity index (χ0) is 23.8. The number of ether oxygens (including phenoxy) is 3. The van der Waals surface area contributed by atoms with Crippen LogP contribution in [0.1, 0.15) is 30.1 Å². The van der Waals surface area contributed by atoms with E-state index in [4.69, 9.17) is 19.9 Å². The van der Waals surface area contributed by atoms with Gasteiger partial charge in [-0.25, -0.2) is 13.2 Å². The van der Waals surface area contributed by atoms with E-state index in [2.05, 4.69) is 11.6 Å². The molecule has 0 amide bonds. The van der Waals surface area contributed by atoms with Crippen molar-refractivity contribution in [2.24, 2.45) is 0 Å². The first-order valence-electron chi connectivity index (χ1n) is 10.3. The van der Waals surface area contributed by atoms with E-state index in [1.54, 1.807) is 36.4 Å². The molecule has 0 radical (unpaired) electrons. The van der Waals surface area contributed by atoms with E-state index in [1.165, 1.54) is 37.4 Å². The molecule has 33 heavy (non-hydrogen) atoms. The van der Waals surface area contributed by atoms with E-state index in [1.807, 2.05) is 0 Å². The summed E-state index contributed by atoms with van der Waals surface area (Å²) in [7, 11) is -2.76. The fourth-order valence-electron chi connectivity index (χ4n) is 2.92. The van der Waals surface area contributed by atoms with Gasteiger partial charge in [-0.1, -0.05) is 19.4 Å². The molecular formula is C24H26N2O6S. The molecule has 9 heteroatoms. The number of benzene rings is 3. The van der Waals surface area contributed by atoms with E-state index in [9.17, 15) is 13.2 Å². The van der Waals surface area contributed by atoms with Gasteiger partial charge < -0.3 is 19.9 Å². The third-order valence-electron chi connectivity index (χ3n) is 4.64. The number of hydrogen-bond donors (Lipinski definition) is 2. The van der Waals surface area contributed by atoms with Crippen LogP contribution in [0.4, 0.5) is 11.4 Å². The van der Waals surface area contributed by atoms with Crippen LogP contribution >= 0.6 is 0 Å². The first-order valence-corrected chi connectivity index (χ1v) is 11.8. The van der Waals surface area contributed by atoms with Gasteiger partial charge in [0.2, 0.25) is 0 Å². The van der Waals surface area contributed by atoms with Gasteiger partial charge in [0.1, 0.15) is 17.2 Å². The van der Waals surface area contributed by atoms with Crippen LogP contribution in [0.25, 0.3) is 0 Å². The second-order valence-electron chi connectivity index (χ2n) is 7.15. The van der Waals surface area contributed by atoms with Crippen molar-refractivity contribution in [2.45, 2.75) is 24.7 Å². The molecule has 0 heterocycles. The van der Waals surface area contributed by atoms with Gasteiger partial charge in [0.25, 0.3) is 10.0 Å². The Labute approximate surface area is 193 Å². The number of hydrogen-bond acceptors (Lipinski definition) is 7. The Morgan fingerprint density at radius 3 is 2.33 bits per heavy atom. The fourth-order valence-corrected chi connectivity index (χ4v) is 4.00. The van der Waals surface area contributed by atoms with Crippen LogP contribution in [0.5, 0.6) is 17.2 Å². The SMILES string of the molecule is CCCCOc1ccc(S(=O)(=O)Nc2ccc(Oc3cccc(N)c3)cc2C(=O)OC)cc1. The quantitative estimate of drug-likeness (QED) is 0.248. The lowest BCUT2D eigenvalue weighted by Gasteiger charge is -2.14. The molecule has 0 aliphatic heterocycles. The van der Waals surface area contributed by atoms with Crippen molar-refractivity contribution in [3.05, 3.63) is 72.3 Å². The van der Waals surface area contributed by atoms with E-state index < -0.39 is 16.0 Å². The van der Waals surface area contributed by atoms with Crippen molar-refractivity contribution >= 4 is 27.4 Å². The van der Waals surface area contributed by atoms with Gasteiger partial charge in [-0.3, -0.25) is 4.72 Å². The molecule has 0 saturated heterocycles. The van der Waals surface area contributed by atoms with Crippen molar-refractivity contribution in [1.29, 1.82) is 0 Å². The van der Waals surface area contributed by atoms with Crippen LogP contribution < -0.4 is 19.9 Å². The van der Waals surface area contributed by atoms with Crippen molar-refractivity contribution < 1.29 is 27.4 Å². The molecule has 0 aliphatic rings. The van der Waals surface area contributed by atoms with Crippen LogP contribution in [0.3, 0.4) is 0 Å². The third kappa shape index (κ3) is 6.39. The van der Waals surface area contributed by atoms with Crippen molar-refractivity contribution in [2.75, 3.05) is 24.2 Å². The molecule has 0 saturated carbocycles.